The Morgan fingerprint density at radius 1 is 1.25 bits per heavy atom. The van der Waals surface area contributed by atoms with Crippen molar-refractivity contribution in [2.45, 2.75) is 59.9 Å². The molecule has 0 aliphatic heterocycles. The molecular formula is C13H24N2O. The third-order valence-electron chi connectivity index (χ3n) is 3.01. The molecule has 0 aromatic carbocycles. The molecule has 0 radical (unpaired) electrons. The Labute approximate surface area is 98.5 Å². The largest absolute Gasteiger partial charge is 0.504 e. The molecule has 1 heterocycles. The first kappa shape index (κ1) is 13.1. The minimum absolute atomic E-state index is 0.332. The smallest absolute Gasteiger partial charge is 0.160 e. The molecule has 1 rings (SSSR count). The van der Waals surface area contributed by atoms with E-state index in [1.165, 1.54) is 0 Å². The number of nitrogens with zero attached hydrogens (tertiary/aromatic N) is 2. The second kappa shape index (κ2) is 5.37. The summed E-state index contributed by atoms with van der Waals surface area (Å²) < 4.78 is 1.97. The summed E-state index contributed by atoms with van der Waals surface area (Å²) in [5.74, 6) is 1.30. The van der Waals surface area contributed by atoms with E-state index >= 15 is 0 Å². The SMILES string of the molecule is CCc1c(O)c(C(C)CC)nn1CC(C)C. The first-order valence-electron chi connectivity index (χ1n) is 6.29. The van der Waals surface area contributed by atoms with Crippen LogP contribution >= 0.6 is 0 Å². The Morgan fingerprint density at radius 3 is 2.31 bits per heavy atom. The fraction of sp³-hybridized carbons (Fsp3) is 0.769. The summed E-state index contributed by atoms with van der Waals surface area (Å²) in [7, 11) is 0. The lowest BCUT2D eigenvalue weighted by Crippen LogP contribution is -2.09. The molecule has 0 fully saturated rings. The maximum absolute atomic E-state index is 10.1. The molecule has 0 saturated carbocycles. The van der Waals surface area contributed by atoms with Gasteiger partial charge >= 0.3 is 0 Å². The van der Waals surface area contributed by atoms with Gasteiger partial charge in [-0.2, -0.15) is 5.10 Å². The standard InChI is InChI=1S/C13H24N2O/c1-6-10(5)12-13(16)11(7-2)15(14-12)8-9(3)4/h9-10,16H,6-8H2,1-5H3. The van der Waals surface area contributed by atoms with Gasteiger partial charge < -0.3 is 5.11 Å². The Kier molecular flexibility index (Phi) is 4.39. The average Bonchev–Trinajstić information content (AvgIpc) is 2.53. The van der Waals surface area contributed by atoms with Crippen LogP contribution in [0.3, 0.4) is 0 Å². The highest BCUT2D eigenvalue weighted by Gasteiger charge is 2.19. The molecule has 0 spiro atoms. The van der Waals surface area contributed by atoms with Gasteiger partial charge in [0.2, 0.25) is 0 Å². The lowest BCUT2D eigenvalue weighted by atomic mass is 10.0. The summed E-state index contributed by atoms with van der Waals surface area (Å²) in [6.07, 6.45) is 1.84. The predicted molar refractivity (Wildman–Crippen MR) is 66.8 cm³/mol. The van der Waals surface area contributed by atoms with Crippen LogP contribution in [0.15, 0.2) is 0 Å². The van der Waals surface area contributed by atoms with Gasteiger partial charge in [0.25, 0.3) is 0 Å². The highest BCUT2D eigenvalue weighted by Crippen LogP contribution is 2.30. The highest BCUT2D eigenvalue weighted by molar-refractivity contribution is 5.34. The van der Waals surface area contributed by atoms with E-state index in [0.717, 1.165) is 30.8 Å². The van der Waals surface area contributed by atoms with Gasteiger partial charge in [-0.3, -0.25) is 4.68 Å². The molecule has 92 valence electrons. The van der Waals surface area contributed by atoms with Gasteiger partial charge in [0.1, 0.15) is 5.69 Å². The van der Waals surface area contributed by atoms with Crippen molar-refractivity contribution in [3.63, 3.8) is 0 Å². The van der Waals surface area contributed by atoms with Gasteiger partial charge in [-0.1, -0.05) is 34.6 Å². The third kappa shape index (κ3) is 2.57. The molecule has 1 aromatic rings. The van der Waals surface area contributed by atoms with Gasteiger partial charge in [0, 0.05) is 12.5 Å². The molecule has 0 bridgehead atoms. The molecule has 0 aliphatic carbocycles. The average molecular weight is 224 g/mol. The molecular weight excluding hydrogens is 200 g/mol. The molecule has 3 heteroatoms. The molecule has 1 atom stereocenters. The highest BCUT2D eigenvalue weighted by atomic mass is 16.3. The number of rotatable bonds is 5. The van der Waals surface area contributed by atoms with E-state index in [0.29, 0.717) is 17.6 Å². The van der Waals surface area contributed by atoms with Crippen LogP contribution < -0.4 is 0 Å². The van der Waals surface area contributed by atoms with Crippen LogP contribution in [0.5, 0.6) is 5.75 Å². The molecule has 1 N–H and O–H groups in total. The number of hydrogen-bond acceptors (Lipinski definition) is 2. The van der Waals surface area contributed by atoms with Gasteiger partial charge in [-0.05, 0) is 18.8 Å². The molecule has 16 heavy (non-hydrogen) atoms. The van der Waals surface area contributed by atoms with Crippen LogP contribution in [0.4, 0.5) is 0 Å². The van der Waals surface area contributed by atoms with Gasteiger partial charge in [-0.25, -0.2) is 0 Å². The van der Waals surface area contributed by atoms with Gasteiger partial charge in [0.05, 0.1) is 5.69 Å². The number of aromatic hydroxyl groups is 1. The maximum atomic E-state index is 10.1. The molecule has 1 unspecified atom stereocenters. The van der Waals surface area contributed by atoms with Crippen LogP contribution in [0, 0.1) is 5.92 Å². The van der Waals surface area contributed by atoms with Crippen LogP contribution in [0.2, 0.25) is 0 Å². The summed E-state index contributed by atoms with van der Waals surface area (Å²) in [6.45, 7) is 11.5. The number of aromatic nitrogens is 2. The van der Waals surface area contributed by atoms with E-state index in [-0.39, 0.29) is 0 Å². The Morgan fingerprint density at radius 2 is 1.88 bits per heavy atom. The maximum Gasteiger partial charge on any atom is 0.160 e. The van der Waals surface area contributed by atoms with Crippen LogP contribution in [-0.4, -0.2) is 14.9 Å². The van der Waals surface area contributed by atoms with E-state index < -0.39 is 0 Å². The fourth-order valence-corrected chi connectivity index (χ4v) is 1.88. The van der Waals surface area contributed by atoms with Crippen molar-refractivity contribution in [1.29, 1.82) is 0 Å². The zero-order valence-electron chi connectivity index (χ0n) is 11.1. The summed E-state index contributed by atoms with van der Waals surface area (Å²) >= 11 is 0. The number of hydrogen-bond donors (Lipinski definition) is 1. The lowest BCUT2D eigenvalue weighted by molar-refractivity contribution is 0.445. The van der Waals surface area contributed by atoms with E-state index in [4.69, 9.17) is 0 Å². The Hall–Kier alpha value is -0.990. The van der Waals surface area contributed by atoms with Gasteiger partial charge in [-0.15, -0.1) is 0 Å². The summed E-state index contributed by atoms with van der Waals surface area (Å²) in [5.41, 5.74) is 1.84. The summed E-state index contributed by atoms with van der Waals surface area (Å²) in [5, 5.41) is 14.7. The minimum atomic E-state index is 0.332. The second-order valence-electron chi connectivity index (χ2n) is 4.92. The van der Waals surface area contributed by atoms with Crippen molar-refractivity contribution in [1.82, 2.24) is 9.78 Å². The first-order valence-corrected chi connectivity index (χ1v) is 6.29. The zero-order chi connectivity index (χ0) is 12.3. The normalized spacial score (nSPS) is 13.4. The van der Waals surface area contributed by atoms with E-state index in [2.05, 4.69) is 39.7 Å². The monoisotopic (exact) mass is 224 g/mol. The quantitative estimate of drug-likeness (QED) is 0.833. The minimum Gasteiger partial charge on any atom is -0.504 e. The molecule has 0 saturated heterocycles. The van der Waals surface area contributed by atoms with Crippen LogP contribution in [-0.2, 0) is 13.0 Å². The summed E-state index contributed by atoms with van der Waals surface area (Å²) in [6, 6.07) is 0. The van der Waals surface area contributed by atoms with Crippen molar-refractivity contribution >= 4 is 0 Å². The fourth-order valence-electron chi connectivity index (χ4n) is 1.88. The molecule has 0 amide bonds. The van der Waals surface area contributed by atoms with Crippen LogP contribution in [0.25, 0.3) is 0 Å². The van der Waals surface area contributed by atoms with Gasteiger partial charge in [0.15, 0.2) is 5.75 Å². The zero-order valence-corrected chi connectivity index (χ0v) is 11.1. The summed E-state index contributed by atoms with van der Waals surface area (Å²) in [4.78, 5) is 0. The van der Waals surface area contributed by atoms with Crippen LogP contribution in [0.1, 0.15) is 58.3 Å². The van der Waals surface area contributed by atoms with E-state index in [1.54, 1.807) is 0 Å². The topological polar surface area (TPSA) is 38.1 Å². The predicted octanol–water partition coefficient (Wildman–Crippen LogP) is 3.32. The third-order valence-corrected chi connectivity index (χ3v) is 3.01. The van der Waals surface area contributed by atoms with E-state index in [9.17, 15) is 5.11 Å². The lowest BCUT2D eigenvalue weighted by Gasteiger charge is -2.08. The molecule has 3 nitrogen and oxygen atoms in total. The second-order valence-corrected chi connectivity index (χ2v) is 4.92. The van der Waals surface area contributed by atoms with Crippen molar-refractivity contribution < 1.29 is 5.11 Å². The van der Waals surface area contributed by atoms with Crippen molar-refractivity contribution in [2.75, 3.05) is 0 Å². The van der Waals surface area contributed by atoms with Crippen molar-refractivity contribution in [3.8, 4) is 5.75 Å². The Bertz CT molecular complexity index is 342. The van der Waals surface area contributed by atoms with Crippen molar-refractivity contribution in [3.05, 3.63) is 11.4 Å². The first-order chi connectivity index (χ1) is 7.51. The molecule has 1 aromatic heterocycles. The molecule has 0 aliphatic rings. The van der Waals surface area contributed by atoms with E-state index in [1.807, 2.05) is 4.68 Å². The van der Waals surface area contributed by atoms with Crippen molar-refractivity contribution in [2.24, 2.45) is 5.92 Å². The Balaban J connectivity index is 3.09.